The van der Waals surface area contributed by atoms with Crippen LogP contribution in [0.1, 0.15) is 12.1 Å². The summed E-state index contributed by atoms with van der Waals surface area (Å²) in [5.41, 5.74) is 3.45. The predicted molar refractivity (Wildman–Crippen MR) is 58.2 cm³/mol. The van der Waals surface area contributed by atoms with Crippen LogP contribution >= 0.6 is 0 Å². The minimum Gasteiger partial charge on any atom is -0.382 e. The Kier molecular flexibility index (Phi) is 1.91. The zero-order valence-electron chi connectivity index (χ0n) is 8.35. The van der Waals surface area contributed by atoms with Crippen molar-refractivity contribution in [2.75, 3.05) is 11.9 Å². The molecule has 4 nitrogen and oxygen atoms in total. The molecule has 3 heterocycles. The van der Waals surface area contributed by atoms with Gasteiger partial charge in [0, 0.05) is 12.7 Å². The van der Waals surface area contributed by atoms with Crippen LogP contribution in [0.15, 0.2) is 30.7 Å². The molecular formula is C11H12N4. The summed E-state index contributed by atoms with van der Waals surface area (Å²) in [6.45, 7) is 1.05. The summed E-state index contributed by atoms with van der Waals surface area (Å²) in [4.78, 5) is 4.11. The summed E-state index contributed by atoms with van der Waals surface area (Å²) in [7, 11) is 0. The number of hydrogen-bond donors (Lipinski definition) is 1. The number of fused-ring (bicyclic) bond motifs is 1. The van der Waals surface area contributed by atoms with Crippen molar-refractivity contribution < 1.29 is 0 Å². The lowest BCUT2D eigenvalue weighted by molar-refractivity contribution is 0.741. The zero-order valence-corrected chi connectivity index (χ0v) is 8.35. The Hall–Kier alpha value is -1.84. The molecule has 1 aliphatic rings. The number of aromatic nitrogens is 3. The molecule has 4 heteroatoms. The van der Waals surface area contributed by atoms with E-state index in [-0.39, 0.29) is 0 Å². The van der Waals surface area contributed by atoms with Crippen LogP contribution in [0.5, 0.6) is 0 Å². The molecule has 0 saturated carbocycles. The van der Waals surface area contributed by atoms with Crippen LogP contribution in [0.2, 0.25) is 0 Å². The first-order valence-corrected chi connectivity index (χ1v) is 5.16. The van der Waals surface area contributed by atoms with Gasteiger partial charge >= 0.3 is 0 Å². The molecule has 0 aliphatic carbocycles. The molecule has 0 fully saturated rings. The fourth-order valence-corrected chi connectivity index (χ4v) is 1.94. The van der Waals surface area contributed by atoms with Crippen LogP contribution in [0.3, 0.4) is 0 Å². The van der Waals surface area contributed by atoms with Gasteiger partial charge in [0.15, 0.2) is 0 Å². The average Bonchev–Trinajstić information content (AvgIpc) is 2.74. The van der Waals surface area contributed by atoms with Gasteiger partial charge in [-0.25, -0.2) is 4.68 Å². The smallest absolute Gasteiger partial charge is 0.0832 e. The second kappa shape index (κ2) is 3.38. The molecule has 1 N–H and O–H groups in total. The fourth-order valence-electron chi connectivity index (χ4n) is 1.94. The van der Waals surface area contributed by atoms with Gasteiger partial charge < -0.3 is 5.32 Å². The second-order valence-corrected chi connectivity index (χ2v) is 3.66. The maximum Gasteiger partial charge on any atom is 0.0832 e. The highest BCUT2D eigenvalue weighted by molar-refractivity contribution is 5.51. The van der Waals surface area contributed by atoms with Crippen LogP contribution in [-0.4, -0.2) is 21.3 Å². The van der Waals surface area contributed by atoms with E-state index in [9.17, 15) is 0 Å². The van der Waals surface area contributed by atoms with Gasteiger partial charge in [0.2, 0.25) is 0 Å². The maximum atomic E-state index is 4.38. The van der Waals surface area contributed by atoms with Crippen molar-refractivity contribution in [1.82, 2.24) is 14.8 Å². The van der Waals surface area contributed by atoms with Gasteiger partial charge in [0.05, 0.1) is 29.5 Å². The topological polar surface area (TPSA) is 42.7 Å². The summed E-state index contributed by atoms with van der Waals surface area (Å²) in [6, 6.07) is 3.95. The van der Waals surface area contributed by atoms with E-state index in [0.717, 1.165) is 24.3 Å². The monoisotopic (exact) mass is 200 g/mol. The molecule has 0 bridgehead atoms. The van der Waals surface area contributed by atoms with Crippen LogP contribution in [-0.2, 0) is 6.42 Å². The van der Waals surface area contributed by atoms with E-state index >= 15 is 0 Å². The van der Waals surface area contributed by atoms with E-state index in [1.807, 2.05) is 29.2 Å². The van der Waals surface area contributed by atoms with E-state index in [0.29, 0.717) is 0 Å². The predicted octanol–water partition coefficient (Wildman–Crippen LogP) is 1.63. The lowest BCUT2D eigenvalue weighted by atomic mass is 10.1. The number of nitrogens with one attached hydrogen (secondary N) is 1. The van der Waals surface area contributed by atoms with E-state index in [1.165, 1.54) is 12.1 Å². The van der Waals surface area contributed by atoms with E-state index in [1.54, 1.807) is 6.20 Å². The molecule has 0 atom stereocenters. The van der Waals surface area contributed by atoms with Gasteiger partial charge in [0.25, 0.3) is 0 Å². The summed E-state index contributed by atoms with van der Waals surface area (Å²) in [6.07, 6.45) is 7.75. The summed E-state index contributed by atoms with van der Waals surface area (Å²) >= 11 is 0. The minimum absolute atomic E-state index is 1.03. The highest BCUT2D eigenvalue weighted by Gasteiger charge is 2.15. The molecule has 0 saturated heterocycles. The molecule has 2 aromatic heterocycles. The van der Waals surface area contributed by atoms with Gasteiger partial charge in [-0.2, -0.15) is 5.10 Å². The van der Waals surface area contributed by atoms with Crippen LogP contribution in [0.4, 0.5) is 5.69 Å². The Morgan fingerprint density at radius 3 is 3.20 bits per heavy atom. The van der Waals surface area contributed by atoms with Crippen LogP contribution in [0, 0.1) is 0 Å². The standard InChI is InChI=1S/C11H12N4/c1-3-9(7-12-5-1)15-11-4-2-6-13-10(11)8-14-15/h1,3,5,7-8,13H,2,4,6H2. The first-order chi connectivity index (χ1) is 7.45. The normalized spacial score (nSPS) is 14.4. The molecule has 15 heavy (non-hydrogen) atoms. The molecule has 0 unspecified atom stereocenters. The molecule has 0 radical (unpaired) electrons. The van der Waals surface area contributed by atoms with Crippen molar-refractivity contribution >= 4 is 5.69 Å². The number of pyridine rings is 1. The van der Waals surface area contributed by atoms with Crippen LogP contribution < -0.4 is 5.32 Å². The molecule has 2 aromatic rings. The second-order valence-electron chi connectivity index (χ2n) is 3.66. The summed E-state index contributed by atoms with van der Waals surface area (Å²) in [5.74, 6) is 0. The van der Waals surface area contributed by atoms with Crippen molar-refractivity contribution in [2.45, 2.75) is 12.8 Å². The SMILES string of the molecule is c1cncc(-n2ncc3c2CCCN3)c1. The van der Waals surface area contributed by atoms with E-state index in [2.05, 4.69) is 15.4 Å². The summed E-state index contributed by atoms with van der Waals surface area (Å²) < 4.78 is 1.97. The average molecular weight is 200 g/mol. The first kappa shape index (κ1) is 8.47. The largest absolute Gasteiger partial charge is 0.382 e. The van der Waals surface area contributed by atoms with Crippen molar-refractivity contribution in [3.05, 3.63) is 36.4 Å². The van der Waals surface area contributed by atoms with Gasteiger partial charge in [-0.3, -0.25) is 4.98 Å². The Bertz CT molecular complexity index is 461. The molecule has 3 rings (SSSR count). The third kappa shape index (κ3) is 1.38. The van der Waals surface area contributed by atoms with Crippen molar-refractivity contribution in [1.29, 1.82) is 0 Å². The summed E-state index contributed by atoms with van der Waals surface area (Å²) in [5, 5.41) is 7.73. The maximum absolute atomic E-state index is 4.38. The third-order valence-electron chi connectivity index (χ3n) is 2.67. The number of anilines is 1. The molecule has 76 valence electrons. The Labute approximate surface area is 88.0 Å². The molecule has 0 spiro atoms. The first-order valence-electron chi connectivity index (χ1n) is 5.16. The number of rotatable bonds is 1. The van der Waals surface area contributed by atoms with Crippen molar-refractivity contribution in [2.24, 2.45) is 0 Å². The van der Waals surface area contributed by atoms with Gasteiger partial charge in [-0.15, -0.1) is 0 Å². The molecular weight excluding hydrogens is 188 g/mol. The molecule has 0 amide bonds. The van der Waals surface area contributed by atoms with E-state index in [4.69, 9.17) is 0 Å². The lowest BCUT2D eigenvalue weighted by Gasteiger charge is -2.15. The highest BCUT2D eigenvalue weighted by Crippen LogP contribution is 2.23. The number of nitrogens with zero attached hydrogens (tertiary/aromatic N) is 3. The van der Waals surface area contributed by atoms with Gasteiger partial charge in [-0.05, 0) is 25.0 Å². The lowest BCUT2D eigenvalue weighted by Crippen LogP contribution is -2.13. The van der Waals surface area contributed by atoms with Crippen molar-refractivity contribution in [3.8, 4) is 5.69 Å². The Balaban J connectivity index is 2.09. The number of hydrogen-bond acceptors (Lipinski definition) is 3. The molecule has 1 aliphatic heterocycles. The van der Waals surface area contributed by atoms with Crippen LogP contribution in [0.25, 0.3) is 5.69 Å². The minimum atomic E-state index is 1.03. The molecule has 0 aromatic carbocycles. The van der Waals surface area contributed by atoms with Gasteiger partial charge in [-0.1, -0.05) is 0 Å². The van der Waals surface area contributed by atoms with Crippen molar-refractivity contribution in [3.63, 3.8) is 0 Å². The quantitative estimate of drug-likeness (QED) is 0.760. The Morgan fingerprint density at radius 1 is 1.33 bits per heavy atom. The fraction of sp³-hybridized carbons (Fsp3) is 0.273. The zero-order chi connectivity index (χ0) is 10.1. The third-order valence-corrected chi connectivity index (χ3v) is 2.67. The van der Waals surface area contributed by atoms with Gasteiger partial charge in [0.1, 0.15) is 0 Å². The van der Waals surface area contributed by atoms with E-state index < -0.39 is 0 Å². The highest BCUT2D eigenvalue weighted by atomic mass is 15.3. The Morgan fingerprint density at radius 2 is 2.33 bits per heavy atom.